The second-order valence-electron chi connectivity index (χ2n) is 4.67. The normalized spacial score (nSPS) is 24.8. The Hall–Kier alpha value is -1.45. The Balaban J connectivity index is 1.57. The van der Waals surface area contributed by atoms with Crippen LogP contribution in [0.3, 0.4) is 0 Å². The van der Waals surface area contributed by atoms with Crippen molar-refractivity contribution in [2.45, 2.75) is 31.2 Å². The summed E-state index contributed by atoms with van der Waals surface area (Å²) in [5, 5.41) is 3.02. The number of rotatable bonds is 2. The zero-order valence-corrected chi connectivity index (χ0v) is 9.19. The first-order chi connectivity index (χ1) is 7.83. The molecule has 4 nitrogen and oxygen atoms in total. The van der Waals surface area contributed by atoms with E-state index in [2.05, 4.69) is 5.32 Å². The number of likely N-dealkylation sites (tertiary alicyclic amines) is 1. The number of hydrogen-bond acceptors (Lipinski definition) is 2. The molecule has 86 valence electrons. The Bertz CT molecular complexity index is 370. The molecule has 3 rings (SSSR count). The van der Waals surface area contributed by atoms with E-state index >= 15 is 0 Å². The molecule has 1 N–H and O–H groups in total. The van der Waals surface area contributed by atoms with Crippen molar-refractivity contribution in [1.82, 2.24) is 10.2 Å². The molecular formula is C12H16N2O2. The van der Waals surface area contributed by atoms with E-state index in [4.69, 9.17) is 4.42 Å². The fourth-order valence-electron chi connectivity index (χ4n) is 2.19. The van der Waals surface area contributed by atoms with Crippen LogP contribution >= 0.6 is 0 Å². The zero-order valence-electron chi connectivity index (χ0n) is 9.19. The third-order valence-electron chi connectivity index (χ3n) is 3.33. The number of urea groups is 1. The average Bonchev–Trinajstić information content (AvgIpc) is 2.84. The van der Waals surface area contributed by atoms with Crippen molar-refractivity contribution >= 4 is 6.03 Å². The summed E-state index contributed by atoms with van der Waals surface area (Å²) in [5.41, 5.74) is 0. The summed E-state index contributed by atoms with van der Waals surface area (Å²) in [5.74, 6) is 1.38. The fourth-order valence-corrected chi connectivity index (χ4v) is 2.19. The first-order valence-corrected chi connectivity index (χ1v) is 5.92. The highest BCUT2D eigenvalue weighted by molar-refractivity contribution is 5.75. The van der Waals surface area contributed by atoms with E-state index in [1.165, 1.54) is 0 Å². The molecule has 0 aromatic carbocycles. The van der Waals surface area contributed by atoms with Crippen molar-refractivity contribution in [1.29, 1.82) is 0 Å². The maximum absolute atomic E-state index is 11.8. The molecule has 1 aromatic heterocycles. The zero-order chi connectivity index (χ0) is 11.0. The largest absolute Gasteiger partial charge is 0.469 e. The molecule has 0 spiro atoms. The van der Waals surface area contributed by atoms with E-state index in [-0.39, 0.29) is 6.03 Å². The van der Waals surface area contributed by atoms with Crippen LogP contribution in [0.25, 0.3) is 0 Å². The lowest BCUT2D eigenvalue weighted by Crippen LogP contribution is -2.39. The summed E-state index contributed by atoms with van der Waals surface area (Å²) in [6, 6.07) is 4.43. The van der Waals surface area contributed by atoms with Crippen LogP contribution in [-0.2, 0) is 0 Å². The Kier molecular flexibility index (Phi) is 2.35. The minimum absolute atomic E-state index is 0.0940. The number of nitrogens with zero attached hydrogens (tertiary/aromatic N) is 1. The van der Waals surface area contributed by atoms with Gasteiger partial charge in [-0.2, -0.15) is 0 Å². The summed E-state index contributed by atoms with van der Waals surface area (Å²) >= 11 is 0. The summed E-state index contributed by atoms with van der Waals surface area (Å²) in [7, 11) is 0. The molecule has 0 radical (unpaired) electrons. The minimum Gasteiger partial charge on any atom is -0.469 e. The highest BCUT2D eigenvalue weighted by atomic mass is 16.3. The maximum atomic E-state index is 11.8. The average molecular weight is 220 g/mol. The lowest BCUT2D eigenvalue weighted by Gasteiger charge is -2.16. The standard InChI is InChI=1S/C12H16N2O2/c15-12(13-10-3-4-10)14-6-5-9(8-14)11-2-1-7-16-11/h1-2,7,9-10H,3-6,8H2,(H,13,15). The first-order valence-electron chi connectivity index (χ1n) is 5.92. The topological polar surface area (TPSA) is 45.5 Å². The Morgan fingerprint density at radius 3 is 3.00 bits per heavy atom. The van der Waals surface area contributed by atoms with Crippen molar-refractivity contribution < 1.29 is 9.21 Å². The van der Waals surface area contributed by atoms with Crippen molar-refractivity contribution in [3.8, 4) is 0 Å². The van der Waals surface area contributed by atoms with E-state index in [9.17, 15) is 4.79 Å². The quantitative estimate of drug-likeness (QED) is 0.827. The second-order valence-corrected chi connectivity index (χ2v) is 4.67. The second kappa shape index (κ2) is 3.85. The fraction of sp³-hybridized carbons (Fsp3) is 0.583. The number of carbonyl (C=O) groups is 1. The van der Waals surface area contributed by atoms with Gasteiger partial charge in [0.05, 0.1) is 6.26 Å². The molecule has 16 heavy (non-hydrogen) atoms. The van der Waals surface area contributed by atoms with Crippen molar-refractivity contribution in [3.63, 3.8) is 0 Å². The minimum atomic E-state index is 0.0940. The highest BCUT2D eigenvalue weighted by Gasteiger charge is 2.31. The maximum Gasteiger partial charge on any atom is 0.317 e. The Morgan fingerprint density at radius 1 is 1.44 bits per heavy atom. The molecule has 1 aliphatic heterocycles. The molecular weight excluding hydrogens is 204 g/mol. The van der Waals surface area contributed by atoms with Crippen LogP contribution in [0.2, 0.25) is 0 Å². The Labute approximate surface area is 94.6 Å². The van der Waals surface area contributed by atoms with Gasteiger partial charge in [0, 0.05) is 25.0 Å². The predicted octanol–water partition coefficient (Wildman–Crippen LogP) is 1.94. The Morgan fingerprint density at radius 2 is 2.31 bits per heavy atom. The molecule has 1 saturated heterocycles. The first kappa shape index (κ1) is 9.75. The van der Waals surface area contributed by atoms with Gasteiger partial charge in [0.1, 0.15) is 5.76 Å². The summed E-state index contributed by atoms with van der Waals surface area (Å²) in [4.78, 5) is 13.7. The molecule has 1 saturated carbocycles. The summed E-state index contributed by atoms with van der Waals surface area (Å²) in [6.07, 6.45) is 4.98. The van der Waals surface area contributed by atoms with Crippen molar-refractivity contribution in [3.05, 3.63) is 24.2 Å². The van der Waals surface area contributed by atoms with Crippen LogP contribution in [0.15, 0.2) is 22.8 Å². The number of hydrogen-bond donors (Lipinski definition) is 1. The van der Waals surface area contributed by atoms with Gasteiger partial charge in [-0.3, -0.25) is 0 Å². The van der Waals surface area contributed by atoms with Gasteiger partial charge in [-0.25, -0.2) is 4.79 Å². The molecule has 2 amide bonds. The van der Waals surface area contributed by atoms with Gasteiger partial charge in [-0.15, -0.1) is 0 Å². The van der Waals surface area contributed by atoms with E-state index in [1.807, 2.05) is 17.0 Å². The monoisotopic (exact) mass is 220 g/mol. The van der Waals surface area contributed by atoms with E-state index in [1.54, 1.807) is 6.26 Å². The van der Waals surface area contributed by atoms with E-state index in [0.717, 1.165) is 38.1 Å². The van der Waals surface area contributed by atoms with Gasteiger partial charge in [0.15, 0.2) is 0 Å². The summed E-state index contributed by atoms with van der Waals surface area (Å²) in [6.45, 7) is 1.62. The third-order valence-corrected chi connectivity index (χ3v) is 3.33. The van der Waals surface area contributed by atoms with Crippen LogP contribution < -0.4 is 5.32 Å². The lowest BCUT2D eigenvalue weighted by atomic mass is 10.1. The van der Waals surface area contributed by atoms with Crippen LogP contribution in [0.5, 0.6) is 0 Å². The smallest absolute Gasteiger partial charge is 0.317 e. The SMILES string of the molecule is O=C(NC1CC1)N1CCC(c2ccco2)C1. The number of nitrogens with one attached hydrogen (secondary N) is 1. The van der Waals surface area contributed by atoms with Crippen molar-refractivity contribution in [2.24, 2.45) is 0 Å². The van der Waals surface area contributed by atoms with Gasteiger partial charge in [0.25, 0.3) is 0 Å². The molecule has 2 aliphatic rings. The van der Waals surface area contributed by atoms with Gasteiger partial charge >= 0.3 is 6.03 Å². The van der Waals surface area contributed by atoms with E-state index < -0.39 is 0 Å². The predicted molar refractivity (Wildman–Crippen MR) is 59.2 cm³/mol. The summed E-state index contributed by atoms with van der Waals surface area (Å²) < 4.78 is 5.38. The highest BCUT2D eigenvalue weighted by Crippen LogP contribution is 2.28. The van der Waals surface area contributed by atoms with Crippen LogP contribution in [0.4, 0.5) is 4.79 Å². The van der Waals surface area contributed by atoms with E-state index in [0.29, 0.717) is 12.0 Å². The van der Waals surface area contributed by atoms with Gasteiger partial charge < -0.3 is 14.6 Å². The molecule has 4 heteroatoms. The molecule has 1 unspecified atom stereocenters. The molecule has 1 aliphatic carbocycles. The van der Waals surface area contributed by atoms with Gasteiger partial charge in [-0.1, -0.05) is 0 Å². The molecule has 2 heterocycles. The van der Waals surface area contributed by atoms with Crippen LogP contribution in [-0.4, -0.2) is 30.1 Å². The lowest BCUT2D eigenvalue weighted by molar-refractivity contribution is 0.207. The number of furan rings is 1. The molecule has 1 atom stereocenters. The van der Waals surface area contributed by atoms with Crippen molar-refractivity contribution in [2.75, 3.05) is 13.1 Å². The van der Waals surface area contributed by atoms with Crippen LogP contribution in [0.1, 0.15) is 30.9 Å². The number of carbonyl (C=O) groups excluding carboxylic acids is 1. The molecule has 0 bridgehead atoms. The molecule has 2 fully saturated rings. The third kappa shape index (κ3) is 1.92. The van der Waals surface area contributed by atoms with Gasteiger partial charge in [-0.05, 0) is 31.4 Å². The van der Waals surface area contributed by atoms with Crippen LogP contribution in [0, 0.1) is 0 Å². The molecule has 1 aromatic rings. The van der Waals surface area contributed by atoms with Gasteiger partial charge in [0.2, 0.25) is 0 Å². The number of amides is 2.